The first-order valence-electron chi connectivity index (χ1n) is 14.0. The van der Waals surface area contributed by atoms with Crippen molar-refractivity contribution in [3.8, 4) is 11.1 Å². The molecule has 39 heavy (non-hydrogen) atoms. The molecule has 0 bridgehead atoms. The second-order valence-corrected chi connectivity index (χ2v) is 13.6. The zero-order chi connectivity index (χ0) is 26.6. The normalized spacial score (nSPS) is 14.4. The number of rotatable bonds is 0. The summed E-state index contributed by atoms with van der Waals surface area (Å²) < 4.78 is 4.71. The van der Waals surface area contributed by atoms with E-state index < -0.39 is 0 Å². The van der Waals surface area contributed by atoms with E-state index in [0.717, 1.165) is 28.0 Å². The second-order valence-electron chi connectivity index (χ2n) is 13.6. The lowest BCUT2D eigenvalue weighted by Crippen LogP contribution is -2.52. The van der Waals surface area contributed by atoms with Crippen LogP contribution >= 0.6 is 0 Å². The van der Waals surface area contributed by atoms with Crippen molar-refractivity contribution in [2.75, 3.05) is 0 Å². The topological polar surface area (TPSA) is 34.6 Å². The van der Waals surface area contributed by atoms with E-state index in [1.54, 1.807) is 0 Å². The minimum Gasteiger partial charge on any atom is -0.278 e. The van der Waals surface area contributed by atoms with Crippen LogP contribution in [0.15, 0.2) is 66.7 Å². The number of benzene rings is 4. The molecule has 0 spiro atoms. The molecule has 7 aromatic rings. The molecule has 0 atom stereocenters. The van der Waals surface area contributed by atoms with Crippen LogP contribution in [0, 0.1) is 0 Å². The van der Waals surface area contributed by atoms with Gasteiger partial charge in [-0.25, -0.2) is 9.97 Å². The molecule has 0 saturated heterocycles. The van der Waals surface area contributed by atoms with Gasteiger partial charge in [-0.3, -0.25) is 8.80 Å². The number of aromatic nitrogens is 4. The largest absolute Gasteiger partial charge is 0.278 e. The average Bonchev–Trinajstić information content (AvgIpc) is 3.56. The molecular weight excluding hydrogens is 475 g/mol. The molecule has 2 aliphatic heterocycles. The average molecular weight is 504 g/mol. The molecule has 3 aromatic heterocycles. The van der Waals surface area contributed by atoms with E-state index in [2.05, 4.69) is 117 Å². The van der Waals surface area contributed by atoms with Gasteiger partial charge in [0, 0.05) is 5.39 Å². The van der Waals surface area contributed by atoms with Gasteiger partial charge in [-0.1, -0.05) is 89.5 Å². The van der Waals surface area contributed by atoms with Crippen molar-refractivity contribution >= 4 is 67.5 Å². The van der Waals surface area contributed by atoms with Crippen LogP contribution in [0.2, 0.25) is 0 Å². The van der Waals surface area contributed by atoms with Crippen LogP contribution in [0.1, 0.15) is 52.7 Å². The maximum Gasteiger partial charge on any atom is 0.248 e. The molecule has 0 amide bonds. The molecule has 188 valence electrons. The molecule has 0 aliphatic carbocycles. The Labute approximate surface area is 227 Å². The third-order valence-corrected chi connectivity index (χ3v) is 9.19. The Balaban J connectivity index is 1.55. The minimum atomic E-state index is 0.0152. The van der Waals surface area contributed by atoms with Gasteiger partial charge in [-0.15, -0.1) is 0 Å². The molecule has 0 saturated carbocycles. The van der Waals surface area contributed by atoms with E-state index in [1.165, 1.54) is 55.1 Å². The van der Waals surface area contributed by atoms with Gasteiger partial charge in [-0.05, 0) is 68.3 Å². The van der Waals surface area contributed by atoms with Crippen molar-refractivity contribution in [2.24, 2.45) is 0 Å². The first-order valence-corrected chi connectivity index (χ1v) is 14.0. The lowest BCUT2D eigenvalue weighted by Gasteiger charge is -2.26. The molecule has 0 N–H and O–H groups in total. The van der Waals surface area contributed by atoms with Gasteiger partial charge in [0.25, 0.3) is 0 Å². The Bertz CT molecular complexity index is 2250. The second kappa shape index (κ2) is 6.53. The summed E-state index contributed by atoms with van der Waals surface area (Å²) in [5, 5.41) is 1.19. The molecule has 2 aliphatic rings. The molecule has 0 radical (unpaired) electrons. The summed E-state index contributed by atoms with van der Waals surface area (Å²) in [5.74, 6) is 0.951. The number of hydrogen-bond acceptors (Lipinski definition) is 2. The van der Waals surface area contributed by atoms with Crippen LogP contribution in [0.3, 0.4) is 0 Å². The zero-order valence-corrected chi connectivity index (χ0v) is 23.2. The van der Waals surface area contributed by atoms with Crippen LogP contribution < -0.4 is 16.4 Å². The predicted octanol–water partition coefficient (Wildman–Crippen LogP) is 5.85. The van der Waals surface area contributed by atoms with Crippen LogP contribution in [0.25, 0.3) is 55.5 Å². The Morgan fingerprint density at radius 2 is 1.38 bits per heavy atom. The predicted molar refractivity (Wildman–Crippen MR) is 164 cm³/mol. The lowest BCUT2D eigenvalue weighted by molar-refractivity contribution is 0.591. The molecule has 4 nitrogen and oxygen atoms in total. The molecule has 0 fully saturated rings. The molecular formula is C34H29BN4. The van der Waals surface area contributed by atoms with Gasteiger partial charge < -0.3 is 0 Å². The summed E-state index contributed by atoms with van der Waals surface area (Å²) in [7, 11) is 0. The van der Waals surface area contributed by atoms with Crippen LogP contribution in [0.5, 0.6) is 0 Å². The van der Waals surface area contributed by atoms with Crippen molar-refractivity contribution in [3.05, 3.63) is 77.9 Å². The van der Waals surface area contributed by atoms with Crippen molar-refractivity contribution < 1.29 is 0 Å². The summed E-state index contributed by atoms with van der Waals surface area (Å²) in [4.78, 5) is 10.5. The molecule has 5 heterocycles. The van der Waals surface area contributed by atoms with Crippen LogP contribution in [-0.4, -0.2) is 25.5 Å². The van der Waals surface area contributed by atoms with Gasteiger partial charge in [0.15, 0.2) is 0 Å². The fraction of sp³-hybridized carbons (Fsp3) is 0.235. The number of imidazole rings is 2. The molecule has 5 heteroatoms. The van der Waals surface area contributed by atoms with E-state index in [4.69, 9.17) is 9.97 Å². The third-order valence-electron chi connectivity index (χ3n) is 9.19. The van der Waals surface area contributed by atoms with Gasteiger partial charge in [0.2, 0.25) is 12.5 Å². The van der Waals surface area contributed by atoms with E-state index >= 15 is 0 Å². The highest BCUT2D eigenvalue weighted by molar-refractivity contribution is 7.02. The number of hydrogen-bond donors (Lipinski definition) is 0. The van der Waals surface area contributed by atoms with Crippen LogP contribution in [0.4, 0.5) is 0 Å². The van der Waals surface area contributed by atoms with Crippen molar-refractivity contribution in [2.45, 2.75) is 52.4 Å². The van der Waals surface area contributed by atoms with Crippen molar-refractivity contribution in [1.82, 2.24) is 18.8 Å². The minimum absolute atomic E-state index is 0.0152. The first-order chi connectivity index (χ1) is 18.6. The fourth-order valence-electron chi connectivity index (χ4n) is 7.20. The SMILES string of the molecule is CC(C)(C)c1ccc2c(c1)B1c3cc(C(C)(C)C)cc4nc5n6c7ccccc7nc6c6ccc-2c1c6n5c34. The maximum atomic E-state index is 5.37. The number of fused-ring (bicyclic) bond motifs is 9. The van der Waals surface area contributed by atoms with Gasteiger partial charge in [0.1, 0.15) is 5.65 Å². The fourth-order valence-corrected chi connectivity index (χ4v) is 7.20. The number of nitrogens with zero attached hydrogens (tertiary/aromatic N) is 4. The highest BCUT2D eigenvalue weighted by Gasteiger charge is 2.42. The van der Waals surface area contributed by atoms with E-state index in [1.807, 2.05) is 0 Å². The van der Waals surface area contributed by atoms with Crippen molar-refractivity contribution in [3.63, 3.8) is 0 Å². The summed E-state index contributed by atoms with van der Waals surface area (Å²) in [6.07, 6.45) is 0. The monoisotopic (exact) mass is 504 g/mol. The summed E-state index contributed by atoms with van der Waals surface area (Å²) in [6.45, 7) is 14.0. The Hall–Kier alpha value is -4.12. The highest BCUT2D eigenvalue weighted by Crippen LogP contribution is 2.38. The molecule has 4 aromatic carbocycles. The summed E-state index contributed by atoms with van der Waals surface area (Å²) >= 11 is 0. The quantitative estimate of drug-likeness (QED) is 0.243. The maximum absolute atomic E-state index is 5.37. The highest BCUT2D eigenvalue weighted by atomic mass is 15.2. The summed E-state index contributed by atoms with van der Waals surface area (Å²) in [5.41, 5.74) is 16.4. The van der Waals surface area contributed by atoms with Gasteiger partial charge >= 0.3 is 0 Å². The van der Waals surface area contributed by atoms with Crippen molar-refractivity contribution in [1.29, 1.82) is 0 Å². The Morgan fingerprint density at radius 1 is 0.641 bits per heavy atom. The van der Waals surface area contributed by atoms with E-state index in [9.17, 15) is 0 Å². The summed E-state index contributed by atoms with van der Waals surface area (Å²) in [6, 6.07) is 25.0. The smallest absolute Gasteiger partial charge is 0.248 e. The molecule has 0 unspecified atom stereocenters. The molecule has 9 rings (SSSR count). The van der Waals surface area contributed by atoms with E-state index in [-0.39, 0.29) is 17.5 Å². The Kier molecular flexibility index (Phi) is 3.65. The third kappa shape index (κ3) is 2.52. The Morgan fingerprint density at radius 3 is 2.18 bits per heavy atom. The first kappa shape index (κ1) is 21.8. The van der Waals surface area contributed by atoms with Gasteiger partial charge in [0.05, 0.1) is 27.6 Å². The lowest BCUT2D eigenvalue weighted by atomic mass is 9.37. The standard InChI is InChI=1S/C34H29BN4/c1-33(2,3)18-11-12-20-21-13-14-22-29-28(21)35(23(20)15-18)24-16-19(34(4,5)6)17-26-30(24)39(29)32(37-26)38-27-10-8-7-9-25(27)36-31(22)38/h7-17H,1-6H3. The van der Waals surface area contributed by atoms with Gasteiger partial charge in [-0.2, -0.15) is 0 Å². The number of para-hydroxylation sites is 2. The van der Waals surface area contributed by atoms with Crippen LogP contribution in [-0.2, 0) is 10.8 Å². The van der Waals surface area contributed by atoms with E-state index in [0.29, 0.717) is 0 Å². The zero-order valence-electron chi connectivity index (χ0n) is 23.2.